The standard InChI is InChI=1S/C16H12ClFN2O6/c1-25-14-5-2-9(6-12(14)18)16(22)26-8-15(21)19-10-3-4-11(17)13(7-10)20(23)24/h2-7H,8H2,1H3,(H,19,21). The molecule has 136 valence electrons. The Morgan fingerprint density at radius 2 is 2.00 bits per heavy atom. The van der Waals surface area contributed by atoms with Crippen molar-refractivity contribution < 1.29 is 28.4 Å². The highest BCUT2D eigenvalue weighted by Crippen LogP contribution is 2.27. The number of nitrogens with zero attached hydrogens (tertiary/aromatic N) is 1. The molecule has 0 unspecified atom stereocenters. The van der Waals surface area contributed by atoms with E-state index in [0.29, 0.717) is 0 Å². The molecule has 2 rings (SSSR count). The van der Waals surface area contributed by atoms with Gasteiger partial charge in [0.1, 0.15) is 5.02 Å². The van der Waals surface area contributed by atoms with Crippen LogP contribution in [0.25, 0.3) is 0 Å². The van der Waals surface area contributed by atoms with Crippen LogP contribution in [0, 0.1) is 15.9 Å². The van der Waals surface area contributed by atoms with Crippen molar-refractivity contribution in [3.8, 4) is 5.75 Å². The van der Waals surface area contributed by atoms with Gasteiger partial charge in [-0.15, -0.1) is 0 Å². The number of methoxy groups -OCH3 is 1. The summed E-state index contributed by atoms with van der Waals surface area (Å²) in [4.78, 5) is 33.7. The normalized spacial score (nSPS) is 10.1. The lowest BCUT2D eigenvalue weighted by Gasteiger charge is -2.08. The van der Waals surface area contributed by atoms with E-state index in [1.807, 2.05) is 0 Å². The number of rotatable bonds is 6. The average molecular weight is 383 g/mol. The number of benzene rings is 2. The Kier molecular flexibility index (Phi) is 6.07. The second-order valence-corrected chi connectivity index (χ2v) is 5.30. The number of carbonyl (C=O) groups excluding carboxylic acids is 2. The van der Waals surface area contributed by atoms with Crippen LogP contribution in [0.3, 0.4) is 0 Å². The van der Waals surface area contributed by atoms with Gasteiger partial charge in [-0.2, -0.15) is 0 Å². The average Bonchev–Trinajstić information content (AvgIpc) is 2.61. The van der Waals surface area contributed by atoms with Crippen LogP contribution < -0.4 is 10.1 Å². The van der Waals surface area contributed by atoms with Crippen LogP contribution >= 0.6 is 11.6 Å². The van der Waals surface area contributed by atoms with Gasteiger partial charge in [-0.1, -0.05) is 11.6 Å². The van der Waals surface area contributed by atoms with Gasteiger partial charge in [0.2, 0.25) is 0 Å². The maximum Gasteiger partial charge on any atom is 0.338 e. The topological polar surface area (TPSA) is 108 Å². The molecule has 0 saturated heterocycles. The number of carbonyl (C=O) groups is 2. The summed E-state index contributed by atoms with van der Waals surface area (Å²) in [5.74, 6) is -2.43. The summed E-state index contributed by atoms with van der Waals surface area (Å²) in [7, 11) is 1.28. The van der Waals surface area contributed by atoms with E-state index in [-0.39, 0.29) is 27.7 Å². The molecule has 0 heterocycles. The third kappa shape index (κ3) is 4.67. The van der Waals surface area contributed by atoms with Crippen LogP contribution in [0.2, 0.25) is 5.02 Å². The number of hydrogen-bond donors (Lipinski definition) is 1. The van der Waals surface area contributed by atoms with E-state index in [9.17, 15) is 24.1 Å². The van der Waals surface area contributed by atoms with Crippen LogP contribution in [-0.2, 0) is 9.53 Å². The summed E-state index contributed by atoms with van der Waals surface area (Å²) in [5, 5.41) is 13.0. The molecule has 0 aliphatic rings. The zero-order chi connectivity index (χ0) is 19.3. The van der Waals surface area contributed by atoms with Crippen molar-refractivity contribution in [2.75, 3.05) is 19.0 Å². The molecule has 0 atom stereocenters. The second-order valence-electron chi connectivity index (χ2n) is 4.90. The van der Waals surface area contributed by atoms with Crippen molar-refractivity contribution in [2.24, 2.45) is 0 Å². The van der Waals surface area contributed by atoms with E-state index in [1.54, 1.807) is 0 Å². The zero-order valence-corrected chi connectivity index (χ0v) is 14.1. The third-order valence-electron chi connectivity index (χ3n) is 3.15. The number of esters is 1. The van der Waals surface area contributed by atoms with E-state index in [2.05, 4.69) is 5.32 Å². The largest absolute Gasteiger partial charge is 0.494 e. The van der Waals surface area contributed by atoms with Crippen molar-refractivity contribution >= 4 is 34.9 Å². The van der Waals surface area contributed by atoms with Crippen molar-refractivity contribution in [1.82, 2.24) is 0 Å². The summed E-state index contributed by atoms with van der Waals surface area (Å²) in [6, 6.07) is 7.13. The van der Waals surface area contributed by atoms with E-state index < -0.39 is 29.2 Å². The van der Waals surface area contributed by atoms with Gasteiger partial charge in [0, 0.05) is 11.8 Å². The first-order valence-corrected chi connectivity index (χ1v) is 7.44. The van der Waals surface area contributed by atoms with Crippen LogP contribution in [0.5, 0.6) is 5.75 Å². The minimum atomic E-state index is -0.913. The van der Waals surface area contributed by atoms with Crippen molar-refractivity contribution in [3.63, 3.8) is 0 Å². The number of nitro groups is 1. The molecule has 0 fully saturated rings. The predicted molar refractivity (Wildman–Crippen MR) is 90.0 cm³/mol. The molecule has 8 nitrogen and oxygen atoms in total. The summed E-state index contributed by atoms with van der Waals surface area (Å²) in [6.45, 7) is -0.664. The molecular weight excluding hydrogens is 371 g/mol. The number of amides is 1. The Morgan fingerprint density at radius 3 is 2.62 bits per heavy atom. The molecule has 0 aromatic heterocycles. The highest BCUT2D eigenvalue weighted by atomic mass is 35.5. The van der Waals surface area contributed by atoms with Crippen LogP contribution in [-0.4, -0.2) is 30.5 Å². The molecule has 1 N–H and O–H groups in total. The Bertz CT molecular complexity index is 874. The Balaban J connectivity index is 1.96. The summed E-state index contributed by atoms with van der Waals surface area (Å²) >= 11 is 5.67. The monoisotopic (exact) mass is 382 g/mol. The highest BCUT2D eigenvalue weighted by Gasteiger charge is 2.16. The van der Waals surface area contributed by atoms with Crippen LogP contribution in [0.15, 0.2) is 36.4 Å². The zero-order valence-electron chi connectivity index (χ0n) is 13.3. The number of nitro benzene ring substituents is 1. The molecule has 26 heavy (non-hydrogen) atoms. The van der Waals surface area contributed by atoms with Crippen LogP contribution in [0.1, 0.15) is 10.4 Å². The number of anilines is 1. The second kappa shape index (κ2) is 8.26. The van der Waals surface area contributed by atoms with E-state index >= 15 is 0 Å². The van der Waals surface area contributed by atoms with Gasteiger partial charge in [-0.3, -0.25) is 14.9 Å². The lowest BCUT2D eigenvalue weighted by Crippen LogP contribution is -2.21. The molecule has 0 bridgehead atoms. The molecule has 0 radical (unpaired) electrons. The Hall–Kier alpha value is -3.20. The SMILES string of the molecule is COc1ccc(C(=O)OCC(=O)Nc2ccc(Cl)c([N+](=O)[O-])c2)cc1F. The molecule has 10 heteroatoms. The summed E-state index contributed by atoms with van der Waals surface area (Å²) in [6.07, 6.45) is 0. The summed E-state index contributed by atoms with van der Waals surface area (Å²) in [5.41, 5.74) is -0.369. The highest BCUT2D eigenvalue weighted by molar-refractivity contribution is 6.32. The van der Waals surface area contributed by atoms with Gasteiger partial charge < -0.3 is 14.8 Å². The van der Waals surface area contributed by atoms with Gasteiger partial charge in [0.15, 0.2) is 18.2 Å². The third-order valence-corrected chi connectivity index (χ3v) is 3.47. The molecule has 2 aromatic carbocycles. The quantitative estimate of drug-likeness (QED) is 0.467. The predicted octanol–water partition coefficient (Wildman–Crippen LogP) is 3.19. The lowest BCUT2D eigenvalue weighted by atomic mass is 10.2. The first kappa shape index (κ1) is 19.1. The van der Waals surface area contributed by atoms with Gasteiger partial charge in [0.05, 0.1) is 17.6 Å². The minimum Gasteiger partial charge on any atom is -0.494 e. The number of nitrogens with one attached hydrogen (secondary N) is 1. The molecule has 0 saturated carbocycles. The first-order valence-electron chi connectivity index (χ1n) is 7.06. The van der Waals surface area contributed by atoms with E-state index in [1.165, 1.54) is 31.4 Å². The fourth-order valence-electron chi connectivity index (χ4n) is 1.94. The first-order chi connectivity index (χ1) is 12.3. The fraction of sp³-hybridized carbons (Fsp3) is 0.125. The molecular formula is C16H12ClFN2O6. The van der Waals surface area contributed by atoms with E-state index in [4.69, 9.17) is 21.1 Å². The van der Waals surface area contributed by atoms with Gasteiger partial charge in [-0.05, 0) is 30.3 Å². The Morgan fingerprint density at radius 1 is 1.27 bits per heavy atom. The van der Waals surface area contributed by atoms with Crippen molar-refractivity contribution in [2.45, 2.75) is 0 Å². The molecule has 1 amide bonds. The van der Waals surface area contributed by atoms with Gasteiger partial charge in [-0.25, -0.2) is 9.18 Å². The number of halogens is 2. The van der Waals surface area contributed by atoms with Crippen molar-refractivity contribution in [3.05, 3.63) is 62.9 Å². The van der Waals surface area contributed by atoms with Crippen LogP contribution in [0.4, 0.5) is 15.8 Å². The van der Waals surface area contributed by atoms with Gasteiger partial charge >= 0.3 is 5.97 Å². The smallest absolute Gasteiger partial charge is 0.338 e. The molecule has 0 aliphatic carbocycles. The number of ether oxygens (including phenoxy) is 2. The van der Waals surface area contributed by atoms with Crippen molar-refractivity contribution in [1.29, 1.82) is 0 Å². The Labute approximate surface area is 151 Å². The lowest BCUT2D eigenvalue weighted by molar-refractivity contribution is -0.384. The fourth-order valence-corrected chi connectivity index (χ4v) is 2.12. The van der Waals surface area contributed by atoms with Gasteiger partial charge in [0.25, 0.3) is 11.6 Å². The molecule has 0 aliphatic heterocycles. The number of hydrogen-bond acceptors (Lipinski definition) is 6. The molecule has 0 spiro atoms. The minimum absolute atomic E-state index is 0.0383. The van der Waals surface area contributed by atoms with E-state index in [0.717, 1.165) is 12.1 Å². The molecule has 2 aromatic rings. The maximum atomic E-state index is 13.6. The maximum absolute atomic E-state index is 13.6. The summed E-state index contributed by atoms with van der Waals surface area (Å²) < 4.78 is 23.1.